The molecule has 0 radical (unpaired) electrons. The van der Waals surface area contributed by atoms with Gasteiger partial charge in [-0.05, 0) is 36.8 Å². The average molecular weight is 278 g/mol. The summed E-state index contributed by atoms with van der Waals surface area (Å²) in [6.07, 6.45) is 4.69. The number of rotatable bonds is 4. The Bertz CT molecular complexity index is 438. The molecule has 0 spiro atoms. The van der Waals surface area contributed by atoms with Crippen molar-refractivity contribution in [2.24, 2.45) is 17.8 Å². The minimum atomic E-state index is -0.615. The molecule has 1 N–H and O–H groups in total. The zero-order chi connectivity index (χ0) is 14.1. The van der Waals surface area contributed by atoms with E-state index in [1.807, 2.05) is 6.92 Å². The van der Waals surface area contributed by atoms with Crippen LogP contribution in [-0.4, -0.2) is 34.6 Å². The molecule has 4 atom stereocenters. The standard InChI is InChI=1S/C16H23FN2O/c1-11(16(20)15-6-5-14(17)7-18-15)8-19-9-12-3-2-4-13(12)10-19/h5-7,11-13,16,20H,2-4,8-10H2,1H3. The van der Waals surface area contributed by atoms with Gasteiger partial charge in [0, 0.05) is 25.6 Å². The van der Waals surface area contributed by atoms with E-state index in [0.29, 0.717) is 5.69 Å². The van der Waals surface area contributed by atoms with Crippen LogP contribution in [0.2, 0.25) is 0 Å². The molecule has 110 valence electrons. The second kappa shape index (κ2) is 5.78. The van der Waals surface area contributed by atoms with Crippen LogP contribution in [0.5, 0.6) is 0 Å². The molecular formula is C16H23FN2O. The molecule has 20 heavy (non-hydrogen) atoms. The summed E-state index contributed by atoms with van der Waals surface area (Å²) in [5.74, 6) is 1.51. The van der Waals surface area contributed by atoms with Crippen LogP contribution in [0.25, 0.3) is 0 Å². The molecule has 4 unspecified atom stereocenters. The number of fused-ring (bicyclic) bond motifs is 1. The summed E-state index contributed by atoms with van der Waals surface area (Å²) < 4.78 is 12.9. The molecule has 1 aliphatic heterocycles. The van der Waals surface area contributed by atoms with E-state index in [9.17, 15) is 9.50 Å². The summed E-state index contributed by atoms with van der Waals surface area (Å²) in [4.78, 5) is 6.47. The lowest BCUT2D eigenvalue weighted by Crippen LogP contribution is -2.30. The molecule has 1 saturated carbocycles. The molecule has 4 heteroatoms. The van der Waals surface area contributed by atoms with E-state index < -0.39 is 6.10 Å². The molecule has 2 heterocycles. The quantitative estimate of drug-likeness (QED) is 0.919. The van der Waals surface area contributed by atoms with E-state index in [0.717, 1.165) is 18.4 Å². The zero-order valence-corrected chi connectivity index (χ0v) is 12.0. The highest BCUT2D eigenvalue weighted by molar-refractivity contribution is 5.09. The Balaban J connectivity index is 1.56. The lowest BCUT2D eigenvalue weighted by Gasteiger charge is -2.25. The van der Waals surface area contributed by atoms with Crippen LogP contribution >= 0.6 is 0 Å². The SMILES string of the molecule is CC(CN1CC2CCCC2C1)C(O)c1ccc(F)cn1. The van der Waals surface area contributed by atoms with E-state index in [-0.39, 0.29) is 11.7 Å². The van der Waals surface area contributed by atoms with E-state index in [4.69, 9.17) is 0 Å². The Morgan fingerprint density at radius 1 is 1.35 bits per heavy atom. The fraction of sp³-hybridized carbons (Fsp3) is 0.688. The van der Waals surface area contributed by atoms with Crippen molar-refractivity contribution in [3.8, 4) is 0 Å². The number of pyridine rings is 1. The molecule has 2 fully saturated rings. The number of hydrogen-bond donors (Lipinski definition) is 1. The van der Waals surface area contributed by atoms with Crippen LogP contribution in [0.4, 0.5) is 4.39 Å². The predicted octanol–water partition coefficient (Wildman–Crippen LogP) is 2.62. The first-order valence-electron chi connectivity index (χ1n) is 7.65. The van der Waals surface area contributed by atoms with Crippen LogP contribution in [0, 0.1) is 23.6 Å². The van der Waals surface area contributed by atoms with E-state index in [1.54, 1.807) is 6.07 Å². The molecule has 3 nitrogen and oxygen atoms in total. The van der Waals surface area contributed by atoms with Crippen LogP contribution in [0.3, 0.4) is 0 Å². The van der Waals surface area contributed by atoms with Gasteiger partial charge in [-0.15, -0.1) is 0 Å². The first-order chi connectivity index (χ1) is 9.63. The second-order valence-corrected chi connectivity index (χ2v) is 6.49. The maximum Gasteiger partial charge on any atom is 0.141 e. The third-order valence-corrected chi connectivity index (χ3v) is 4.94. The molecular weight excluding hydrogens is 255 g/mol. The van der Waals surface area contributed by atoms with Crippen LogP contribution in [-0.2, 0) is 0 Å². The third kappa shape index (κ3) is 2.86. The summed E-state index contributed by atoms with van der Waals surface area (Å²) in [5.41, 5.74) is 0.568. The van der Waals surface area contributed by atoms with Gasteiger partial charge in [0.1, 0.15) is 5.82 Å². The Morgan fingerprint density at radius 2 is 2.05 bits per heavy atom. The first kappa shape index (κ1) is 14.0. The van der Waals surface area contributed by atoms with Crippen LogP contribution < -0.4 is 0 Å². The number of aliphatic hydroxyl groups is 1. The summed E-state index contributed by atoms with van der Waals surface area (Å²) in [6.45, 7) is 5.30. The van der Waals surface area contributed by atoms with Gasteiger partial charge >= 0.3 is 0 Å². The summed E-state index contributed by atoms with van der Waals surface area (Å²) in [5, 5.41) is 10.3. The zero-order valence-electron chi connectivity index (χ0n) is 12.0. The molecule has 2 aliphatic rings. The van der Waals surface area contributed by atoms with Gasteiger partial charge in [-0.25, -0.2) is 4.39 Å². The molecule has 0 aromatic carbocycles. The van der Waals surface area contributed by atoms with Crippen molar-refractivity contribution in [1.29, 1.82) is 0 Å². The maximum atomic E-state index is 12.9. The topological polar surface area (TPSA) is 36.4 Å². The summed E-state index contributed by atoms with van der Waals surface area (Å²) in [6, 6.07) is 2.94. The van der Waals surface area contributed by atoms with Crippen molar-refractivity contribution in [1.82, 2.24) is 9.88 Å². The number of likely N-dealkylation sites (tertiary alicyclic amines) is 1. The van der Waals surface area contributed by atoms with Gasteiger partial charge in [0.15, 0.2) is 0 Å². The number of nitrogens with zero attached hydrogens (tertiary/aromatic N) is 2. The van der Waals surface area contributed by atoms with Gasteiger partial charge in [0.2, 0.25) is 0 Å². The van der Waals surface area contributed by atoms with Crippen molar-refractivity contribution in [2.45, 2.75) is 32.3 Å². The number of aromatic nitrogens is 1. The Labute approximate surface area is 119 Å². The second-order valence-electron chi connectivity index (χ2n) is 6.49. The third-order valence-electron chi connectivity index (χ3n) is 4.94. The lowest BCUT2D eigenvalue weighted by atomic mass is 10.0. The average Bonchev–Trinajstić information content (AvgIpc) is 2.99. The normalized spacial score (nSPS) is 29.4. The summed E-state index contributed by atoms with van der Waals surface area (Å²) >= 11 is 0. The Morgan fingerprint density at radius 3 is 2.65 bits per heavy atom. The largest absolute Gasteiger partial charge is 0.386 e. The number of aliphatic hydroxyl groups excluding tert-OH is 1. The minimum Gasteiger partial charge on any atom is -0.386 e. The van der Waals surface area contributed by atoms with Crippen molar-refractivity contribution < 1.29 is 9.50 Å². The van der Waals surface area contributed by atoms with Crippen LogP contribution in [0.1, 0.15) is 38.0 Å². The van der Waals surface area contributed by atoms with Gasteiger partial charge in [0.25, 0.3) is 0 Å². The van der Waals surface area contributed by atoms with Crippen molar-refractivity contribution in [3.05, 3.63) is 29.8 Å². The highest BCUT2D eigenvalue weighted by Gasteiger charge is 2.36. The molecule has 1 aromatic heterocycles. The monoisotopic (exact) mass is 278 g/mol. The smallest absolute Gasteiger partial charge is 0.141 e. The Kier molecular flexibility index (Phi) is 4.03. The fourth-order valence-electron chi connectivity index (χ4n) is 3.84. The van der Waals surface area contributed by atoms with Crippen molar-refractivity contribution in [3.63, 3.8) is 0 Å². The fourth-order valence-corrected chi connectivity index (χ4v) is 3.84. The van der Waals surface area contributed by atoms with Crippen LogP contribution in [0.15, 0.2) is 18.3 Å². The molecule has 1 saturated heterocycles. The highest BCUT2D eigenvalue weighted by Crippen LogP contribution is 2.38. The van der Waals surface area contributed by atoms with Gasteiger partial charge in [-0.2, -0.15) is 0 Å². The summed E-state index contributed by atoms with van der Waals surface area (Å²) in [7, 11) is 0. The number of hydrogen-bond acceptors (Lipinski definition) is 3. The van der Waals surface area contributed by atoms with Crippen molar-refractivity contribution >= 4 is 0 Å². The van der Waals surface area contributed by atoms with Gasteiger partial charge in [-0.1, -0.05) is 13.3 Å². The maximum absolute atomic E-state index is 12.9. The van der Waals surface area contributed by atoms with Crippen molar-refractivity contribution in [2.75, 3.05) is 19.6 Å². The predicted molar refractivity (Wildman–Crippen MR) is 75.6 cm³/mol. The minimum absolute atomic E-state index is 0.117. The molecule has 1 aliphatic carbocycles. The lowest BCUT2D eigenvalue weighted by molar-refractivity contribution is 0.0888. The van der Waals surface area contributed by atoms with E-state index >= 15 is 0 Å². The van der Waals surface area contributed by atoms with Gasteiger partial charge in [0.05, 0.1) is 18.0 Å². The highest BCUT2D eigenvalue weighted by atomic mass is 19.1. The molecule has 3 rings (SSSR count). The number of halogens is 1. The Hall–Kier alpha value is -1.00. The van der Waals surface area contributed by atoms with Gasteiger partial charge in [-0.3, -0.25) is 4.98 Å². The van der Waals surface area contributed by atoms with E-state index in [2.05, 4.69) is 9.88 Å². The van der Waals surface area contributed by atoms with E-state index in [1.165, 1.54) is 44.6 Å². The molecule has 0 bridgehead atoms. The molecule has 1 aromatic rings. The molecule has 0 amide bonds. The first-order valence-corrected chi connectivity index (χ1v) is 7.65. The van der Waals surface area contributed by atoms with Gasteiger partial charge < -0.3 is 10.0 Å².